The van der Waals surface area contributed by atoms with Crippen molar-refractivity contribution in [2.24, 2.45) is 0 Å². The van der Waals surface area contributed by atoms with E-state index in [-0.39, 0.29) is 30.4 Å². The standard InChI is InChI=1S/C16H19N5O3.ClH/c22-15(24-10-13-2-1-7-17-13)11-3-5-12(6-4-11)20-16(23)21-14-8-18-19-9-14;/h3-6,8-9,13,17H,1-2,7,10H2,(H,18,19)(H2,20,21,23);1H. The number of hydrogen-bond donors (Lipinski definition) is 4. The van der Waals surface area contributed by atoms with Crippen molar-refractivity contribution in [2.75, 3.05) is 23.8 Å². The fourth-order valence-corrected chi connectivity index (χ4v) is 2.46. The number of nitrogens with zero attached hydrogens (tertiary/aromatic N) is 1. The highest BCUT2D eigenvalue weighted by Crippen LogP contribution is 2.12. The number of urea groups is 1. The zero-order chi connectivity index (χ0) is 16.8. The molecule has 2 amide bonds. The molecule has 0 radical (unpaired) electrons. The predicted octanol–water partition coefficient (Wildman–Crippen LogP) is 2.38. The normalized spacial score (nSPS) is 15.9. The average Bonchev–Trinajstić information content (AvgIpc) is 3.27. The zero-order valence-electron chi connectivity index (χ0n) is 13.5. The molecule has 1 aromatic carbocycles. The van der Waals surface area contributed by atoms with E-state index in [0.717, 1.165) is 19.4 Å². The van der Waals surface area contributed by atoms with E-state index in [9.17, 15) is 9.59 Å². The number of carbonyl (C=O) groups excluding carboxylic acids is 2. The lowest BCUT2D eigenvalue weighted by Gasteiger charge is -2.11. The van der Waals surface area contributed by atoms with Gasteiger partial charge in [0.2, 0.25) is 0 Å². The van der Waals surface area contributed by atoms with E-state index in [0.29, 0.717) is 23.5 Å². The topological polar surface area (TPSA) is 108 Å². The van der Waals surface area contributed by atoms with Crippen molar-refractivity contribution in [3.05, 3.63) is 42.2 Å². The number of aromatic amines is 1. The molecule has 1 unspecified atom stereocenters. The van der Waals surface area contributed by atoms with E-state index < -0.39 is 0 Å². The summed E-state index contributed by atoms with van der Waals surface area (Å²) in [6.45, 7) is 1.36. The lowest BCUT2D eigenvalue weighted by Crippen LogP contribution is -2.28. The largest absolute Gasteiger partial charge is 0.460 e. The Labute approximate surface area is 151 Å². The summed E-state index contributed by atoms with van der Waals surface area (Å²) in [7, 11) is 0. The number of H-pyrrole nitrogens is 1. The maximum atomic E-state index is 12.0. The molecule has 0 saturated carbocycles. The number of amides is 2. The molecule has 0 bridgehead atoms. The Morgan fingerprint density at radius 2 is 1.96 bits per heavy atom. The first-order valence-electron chi connectivity index (χ1n) is 7.78. The molecule has 1 aromatic heterocycles. The quantitative estimate of drug-likeness (QED) is 0.608. The second kappa shape index (κ2) is 9.05. The van der Waals surface area contributed by atoms with Crippen molar-refractivity contribution < 1.29 is 14.3 Å². The van der Waals surface area contributed by atoms with Crippen LogP contribution in [0.3, 0.4) is 0 Å². The molecule has 1 aliphatic rings. The number of anilines is 2. The molecule has 1 aliphatic heterocycles. The second-order valence-electron chi connectivity index (χ2n) is 5.54. The summed E-state index contributed by atoms with van der Waals surface area (Å²) < 4.78 is 5.29. The van der Waals surface area contributed by atoms with E-state index in [2.05, 4.69) is 26.1 Å². The lowest BCUT2D eigenvalue weighted by atomic mass is 10.2. The molecule has 0 spiro atoms. The average molecular weight is 366 g/mol. The van der Waals surface area contributed by atoms with Gasteiger partial charge < -0.3 is 20.7 Å². The van der Waals surface area contributed by atoms with Crippen molar-refractivity contribution >= 4 is 35.8 Å². The Morgan fingerprint density at radius 1 is 1.20 bits per heavy atom. The molecular weight excluding hydrogens is 346 g/mol. The van der Waals surface area contributed by atoms with Crippen LogP contribution in [0, 0.1) is 0 Å². The van der Waals surface area contributed by atoms with Crippen LogP contribution >= 0.6 is 12.4 Å². The van der Waals surface area contributed by atoms with Crippen LogP contribution in [0.1, 0.15) is 23.2 Å². The van der Waals surface area contributed by atoms with Crippen LogP contribution in [0.2, 0.25) is 0 Å². The molecule has 134 valence electrons. The van der Waals surface area contributed by atoms with Crippen molar-refractivity contribution in [3.63, 3.8) is 0 Å². The summed E-state index contributed by atoms with van der Waals surface area (Å²) in [6, 6.07) is 6.41. The highest BCUT2D eigenvalue weighted by Gasteiger charge is 2.16. The summed E-state index contributed by atoms with van der Waals surface area (Å²) >= 11 is 0. The zero-order valence-corrected chi connectivity index (χ0v) is 14.3. The van der Waals surface area contributed by atoms with Gasteiger partial charge in [0.05, 0.1) is 17.4 Å². The van der Waals surface area contributed by atoms with Gasteiger partial charge in [0.15, 0.2) is 0 Å². The number of rotatable bonds is 5. The minimum absolute atomic E-state index is 0. The maximum Gasteiger partial charge on any atom is 0.338 e. The first-order valence-corrected chi connectivity index (χ1v) is 7.78. The summed E-state index contributed by atoms with van der Waals surface area (Å²) in [6.07, 6.45) is 5.21. The lowest BCUT2D eigenvalue weighted by molar-refractivity contribution is 0.0473. The van der Waals surface area contributed by atoms with E-state index in [1.54, 1.807) is 30.5 Å². The molecule has 4 N–H and O–H groups in total. The molecule has 1 saturated heterocycles. The molecule has 2 heterocycles. The Kier molecular flexibility index (Phi) is 6.79. The highest BCUT2D eigenvalue weighted by atomic mass is 35.5. The van der Waals surface area contributed by atoms with Crippen LogP contribution in [-0.2, 0) is 4.74 Å². The van der Waals surface area contributed by atoms with Gasteiger partial charge in [-0.15, -0.1) is 12.4 Å². The van der Waals surface area contributed by atoms with Crippen molar-refractivity contribution in [1.82, 2.24) is 15.5 Å². The predicted molar refractivity (Wildman–Crippen MR) is 96.2 cm³/mol. The van der Waals surface area contributed by atoms with Crippen LogP contribution in [0.5, 0.6) is 0 Å². The number of esters is 1. The summed E-state index contributed by atoms with van der Waals surface area (Å²) in [4.78, 5) is 23.8. The Balaban J connectivity index is 0.00000225. The summed E-state index contributed by atoms with van der Waals surface area (Å²) in [5.74, 6) is -0.363. The third kappa shape index (κ3) is 5.47. The van der Waals surface area contributed by atoms with Crippen LogP contribution in [0.4, 0.5) is 16.2 Å². The number of ether oxygens (including phenoxy) is 1. The third-order valence-corrected chi connectivity index (χ3v) is 3.71. The van der Waals surface area contributed by atoms with Gasteiger partial charge in [-0.25, -0.2) is 9.59 Å². The molecule has 1 atom stereocenters. The Hall–Kier alpha value is -2.58. The molecule has 25 heavy (non-hydrogen) atoms. The van der Waals surface area contributed by atoms with Gasteiger partial charge in [-0.1, -0.05) is 0 Å². The van der Waals surface area contributed by atoms with E-state index in [4.69, 9.17) is 4.74 Å². The van der Waals surface area contributed by atoms with Gasteiger partial charge in [0.25, 0.3) is 0 Å². The Morgan fingerprint density at radius 3 is 2.60 bits per heavy atom. The van der Waals surface area contributed by atoms with Crippen LogP contribution < -0.4 is 16.0 Å². The molecule has 0 aliphatic carbocycles. The monoisotopic (exact) mass is 365 g/mol. The van der Waals surface area contributed by atoms with E-state index >= 15 is 0 Å². The summed E-state index contributed by atoms with van der Waals surface area (Å²) in [5, 5.41) is 14.9. The van der Waals surface area contributed by atoms with Crippen LogP contribution in [0.25, 0.3) is 0 Å². The number of hydrogen-bond acceptors (Lipinski definition) is 5. The van der Waals surface area contributed by atoms with Crippen LogP contribution in [0.15, 0.2) is 36.7 Å². The number of nitrogens with one attached hydrogen (secondary N) is 4. The van der Waals surface area contributed by atoms with Gasteiger partial charge in [-0.2, -0.15) is 5.10 Å². The number of aromatic nitrogens is 2. The number of carbonyl (C=O) groups is 2. The highest BCUT2D eigenvalue weighted by molar-refractivity contribution is 6.00. The van der Waals surface area contributed by atoms with Gasteiger partial charge in [-0.05, 0) is 43.7 Å². The number of benzene rings is 1. The maximum absolute atomic E-state index is 12.0. The molecule has 3 rings (SSSR count). The first-order chi connectivity index (χ1) is 11.7. The van der Waals surface area contributed by atoms with Crippen molar-refractivity contribution in [2.45, 2.75) is 18.9 Å². The minimum atomic E-state index is -0.390. The second-order valence-corrected chi connectivity index (χ2v) is 5.54. The first kappa shape index (κ1) is 18.8. The van der Waals surface area contributed by atoms with Gasteiger partial charge in [0, 0.05) is 17.9 Å². The van der Waals surface area contributed by atoms with Gasteiger partial charge in [-0.3, -0.25) is 5.10 Å². The number of halogens is 1. The van der Waals surface area contributed by atoms with Crippen LogP contribution in [-0.4, -0.2) is 41.4 Å². The third-order valence-electron chi connectivity index (χ3n) is 3.71. The molecule has 9 heteroatoms. The van der Waals surface area contributed by atoms with Crippen molar-refractivity contribution in [3.8, 4) is 0 Å². The molecular formula is C16H20ClN5O3. The Bertz CT molecular complexity index is 684. The molecule has 8 nitrogen and oxygen atoms in total. The molecule has 1 fully saturated rings. The van der Waals surface area contributed by atoms with Gasteiger partial charge >= 0.3 is 12.0 Å². The molecule has 2 aromatic rings. The van der Waals surface area contributed by atoms with E-state index in [1.165, 1.54) is 6.20 Å². The smallest absolute Gasteiger partial charge is 0.338 e. The summed E-state index contributed by atoms with van der Waals surface area (Å²) in [5.41, 5.74) is 1.59. The van der Waals surface area contributed by atoms with Gasteiger partial charge in [0.1, 0.15) is 6.61 Å². The van der Waals surface area contributed by atoms with Crippen molar-refractivity contribution in [1.29, 1.82) is 0 Å². The fraction of sp³-hybridized carbons (Fsp3) is 0.312. The fourth-order valence-electron chi connectivity index (χ4n) is 2.46. The minimum Gasteiger partial charge on any atom is -0.460 e. The SMILES string of the molecule is Cl.O=C(Nc1ccc(C(=O)OCC2CCCN2)cc1)Nc1cn[nH]c1. The van der Waals surface area contributed by atoms with E-state index in [1.807, 2.05) is 0 Å².